The second kappa shape index (κ2) is 4.29. The van der Waals surface area contributed by atoms with Crippen LogP contribution in [-0.4, -0.2) is 27.9 Å². The number of phenols is 1. The summed E-state index contributed by atoms with van der Waals surface area (Å²) in [5, 5.41) is 27.3. The monoisotopic (exact) mass is 211 g/mol. The summed E-state index contributed by atoms with van der Waals surface area (Å²) >= 11 is 0. The number of aliphatic hydroxyl groups is 1. The van der Waals surface area contributed by atoms with E-state index < -0.39 is 12.0 Å². The molecule has 0 saturated heterocycles. The van der Waals surface area contributed by atoms with Gasteiger partial charge in [-0.25, -0.2) is 4.79 Å². The van der Waals surface area contributed by atoms with Crippen LogP contribution in [0.3, 0.4) is 0 Å². The first-order valence-electron chi connectivity index (χ1n) is 4.41. The van der Waals surface area contributed by atoms with Crippen LogP contribution >= 0.6 is 0 Å². The quantitative estimate of drug-likeness (QED) is 0.579. The van der Waals surface area contributed by atoms with Crippen LogP contribution in [-0.2, 0) is 0 Å². The summed E-state index contributed by atoms with van der Waals surface area (Å²) in [7, 11) is 0. The Morgan fingerprint density at radius 1 is 1.53 bits per heavy atom. The second-order valence-corrected chi connectivity index (χ2v) is 3.29. The van der Waals surface area contributed by atoms with E-state index in [-0.39, 0.29) is 23.5 Å². The minimum Gasteiger partial charge on any atom is -0.507 e. The van der Waals surface area contributed by atoms with Crippen LogP contribution in [0.25, 0.3) is 0 Å². The lowest BCUT2D eigenvalue weighted by molar-refractivity contribution is 0.0693. The van der Waals surface area contributed by atoms with Gasteiger partial charge >= 0.3 is 5.97 Å². The van der Waals surface area contributed by atoms with Crippen molar-refractivity contribution in [1.29, 1.82) is 0 Å². The lowest BCUT2D eigenvalue weighted by Crippen LogP contribution is -2.17. The molecular weight excluding hydrogens is 198 g/mol. The average Bonchev–Trinajstić information content (AvgIpc) is 2.16. The molecule has 0 radical (unpaired) electrons. The van der Waals surface area contributed by atoms with Crippen LogP contribution < -0.4 is 5.73 Å². The maximum Gasteiger partial charge on any atom is 0.339 e. The molecule has 0 bridgehead atoms. The van der Waals surface area contributed by atoms with Gasteiger partial charge in [0.05, 0.1) is 12.6 Å². The Kier molecular flexibility index (Phi) is 3.28. The fraction of sp³-hybridized carbons (Fsp3) is 0.300. The summed E-state index contributed by atoms with van der Waals surface area (Å²) in [6.07, 6.45) is 0. The molecule has 0 spiro atoms. The fourth-order valence-electron chi connectivity index (χ4n) is 1.44. The maximum absolute atomic E-state index is 10.7. The molecule has 0 amide bonds. The summed E-state index contributed by atoms with van der Waals surface area (Å²) in [5.41, 5.74) is 6.28. The molecule has 1 rings (SSSR count). The number of hydrogen-bond donors (Lipinski definition) is 4. The third-order valence-electron chi connectivity index (χ3n) is 2.23. The smallest absolute Gasteiger partial charge is 0.339 e. The number of aliphatic hydroxyl groups excluding tert-OH is 1. The van der Waals surface area contributed by atoms with Crippen molar-refractivity contribution in [3.8, 4) is 5.75 Å². The van der Waals surface area contributed by atoms with E-state index in [1.807, 2.05) is 0 Å². The molecule has 1 aromatic carbocycles. The van der Waals surface area contributed by atoms with Crippen molar-refractivity contribution in [2.24, 2.45) is 5.73 Å². The van der Waals surface area contributed by atoms with E-state index in [0.29, 0.717) is 5.56 Å². The van der Waals surface area contributed by atoms with Crippen LogP contribution in [0.5, 0.6) is 5.75 Å². The molecule has 0 aliphatic heterocycles. The van der Waals surface area contributed by atoms with Crippen LogP contribution in [0.1, 0.15) is 27.5 Å². The molecule has 0 aromatic heterocycles. The first kappa shape index (κ1) is 11.5. The Balaban J connectivity index is 3.36. The summed E-state index contributed by atoms with van der Waals surface area (Å²) in [6.45, 7) is 1.34. The zero-order chi connectivity index (χ0) is 11.6. The molecule has 1 atom stereocenters. The zero-order valence-corrected chi connectivity index (χ0v) is 8.27. The molecule has 82 valence electrons. The molecule has 1 aromatic rings. The van der Waals surface area contributed by atoms with Crippen LogP contribution in [0, 0.1) is 6.92 Å². The highest BCUT2D eigenvalue weighted by molar-refractivity contribution is 5.91. The SMILES string of the molecule is Cc1ccc(C(=O)O)c(O)c1[C@H](N)CO. The molecule has 0 unspecified atom stereocenters. The molecule has 15 heavy (non-hydrogen) atoms. The van der Waals surface area contributed by atoms with E-state index in [2.05, 4.69) is 0 Å². The Bertz CT molecular complexity index is 389. The van der Waals surface area contributed by atoms with Crippen LogP contribution in [0.4, 0.5) is 0 Å². The third-order valence-corrected chi connectivity index (χ3v) is 2.23. The average molecular weight is 211 g/mol. The van der Waals surface area contributed by atoms with Crippen molar-refractivity contribution in [2.45, 2.75) is 13.0 Å². The molecule has 0 aliphatic rings. The third kappa shape index (κ3) is 2.08. The van der Waals surface area contributed by atoms with E-state index in [0.717, 1.165) is 0 Å². The minimum atomic E-state index is -1.22. The second-order valence-electron chi connectivity index (χ2n) is 3.29. The molecule has 5 nitrogen and oxygen atoms in total. The first-order chi connectivity index (χ1) is 6.99. The Labute approximate surface area is 86.8 Å². The highest BCUT2D eigenvalue weighted by atomic mass is 16.4. The number of carboxylic acids is 1. The molecule has 0 fully saturated rings. The normalized spacial score (nSPS) is 12.5. The van der Waals surface area contributed by atoms with Gasteiger partial charge < -0.3 is 21.1 Å². The van der Waals surface area contributed by atoms with Gasteiger partial charge in [0.25, 0.3) is 0 Å². The maximum atomic E-state index is 10.7. The number of carboxylic acid groups (broad SMARTS) is 1. The molecule has 0 heterocycles. The van der Waals surface area contributed by atoms with Gasteiger partial charge in [-0.1, -0.05) is 6.07 Å². The van der Waals surface area contributed by atoms with Gasteiger partial charge in [-0.15, -0.1) is 0 Å². The summed E-state index contributed by atoms with van der Waals surface area (Å²) < 4.78 is 0. The summed E-state index contributed by atoms with van der Waals surface area (Å²) in [4.78, 5) is 10.7. The number of aryl methyl sites for hydroxylation is 1. The van der Waals surface area contributed by atoms with Gasteiger partial charge in [0, 0.05) is 5.56 Å². The van der Waals surface area contributed by atoms with E-state index in [4.69, 9.17) is 15.9 Å². The van der Waals surface area contributed by atoms with Gasteiger partial charge in [0.1, 0.15) is 11.3 Å². The molecule has 0 aliphatic carbocycles. The van der Waals surface area contributed by atoms with E-state index in [1.54, 1.807) is 13.0 Å². The largest absolute Gasteiger partial charge is 0.507 e. The number of benzene rings is 1. The highest BCUT2D eigenvalue weighted by Crippen LogP contribution is 2.29. The number of aromatic hydroxyl groups is 1. The van der Waals surface area contributed by atoms with Gasteiger partial charge in [0.2, 0.25) is 0 Å². The fourth-order valence-corrected chi connectivity index (χ4v) is 1.44. The predicted molar refractivity (Wildman–Crippen MR) is 53.8 cm³/mol. The van der Waals surface area contributed by atoms with Gasteiger partial charge in [0.15, 0.2) is 0 Å². The van der Waals surface area contributed by atoms with Crippen molar-refractivity contribution in [3.05, 3.63) is 28.8 Å². The van der Waals surface area contributed by atoms with Crippen molar-refractivity contribution < 1.29 is 20.1 Å². The lowest BCUT2D eigenvalue weighted by Gasteiger charge is -2.15. The molecular formula is C10H13NO4. The Hall–Kier alpha value is -1.59. The number of nitrogens with two attached hydrogens (primary N) is 1. The first-order valence-corrected chi connectivity index (χ1v) is 4.41. The number of hydrogen-bond acceptors (Lipinski definition) is 4. The van der Waals surface area contributed by atoms with E-state index >= 15 is 0 Å². The van der Waals surface area contributed by atoms with Crippen molar-refractivity contribution in [1.82, 2.24) is 0 Å². The lowest BCUT2D eigenvalue weighted by atomic mass is 9.98. The summed E-state index contributed by atoms with van der Waals surface area (Å²) in [5.74, 6) is -1.59. The standard InChI is InChI=1S/C10H13NO4/c1-5-2-3-6(10(14)15)9(13)8(5)7(11)4-12/h2-3,7,12-13H,4,11H2,1H3,(H,14,15)/t7-/m1/s1. The number of aromatic carboxylic acids is 1. The highest BCUT2D eigenvalue weighted by Gasteiger charge is 2.19. The molecule has 5 N–H and O–H groups in total. The van der Waals surface area contributed by atoms with Gasteiger partial charge in [-0.3, -0.25) is 0 Å². The van der Waals surface area contributed by atoms with Crippen molar-refractivity contribution in [2.75, 3.05) is 6.61 Å². The zero-order valence-electron chi connectivity index (χ0n) is 8.27. The van der Waals surface area contributed by atoms with Gasteiger partial charge in [-0.2, -0.15) is 0 Å². The number of rotatable bonds is 3. The predicted octanol–water partition coefficient (Wildman–Crippen LogP) is 0.391. The van der Waals surface area contributed by atoms with E-state index in [9.17, 15) is 9.90 Å². The Morgan fingerprint density at radius 3 is 2.60 bits per heavy atom. The Morgan fingerprint density at radius 2 is 2.13 bits per heavy atom. The summed E-state index contributed by atoms with van der Waals surface area (Å²) in [6, 6.07) is 2.08. The van der Waals surface area contributed by atoms with Crippen LogP contribution in [0.2, 0.25) is 0 Å². The minimum absolute atomic E-state index is 0.209. The van der Waals surface area contributed by atoms with Crippen LogP contribution in [0.15, 0.2) is 12.1 Å². The molecule has 0 saturated carbocycles. The van der Waals surface area contributed by atoms with Crippen molar-refractivity contribution >= 4 is 5.97 Å². The molecule has 5 heteroatoms. The van der Waals surface area contributed by atoms with E-state index in [1.165, 1.54) is 6.07 Å². The van der Waals surface area contributed by atoms with Crippen molar-refractivity contribution in [3.63, 3.8) is 0 Å². The number of carbonyl (C=O) groups is 1. The topological polar surface area (TPSA) is 104 Å². The van der Waals surface area contributed by atoms with Gasteiger partial charge in [-0.05, 0) is 18.6 Å².